The lowest BCUT2D eigenvalue weighted by Gasteiger charge is -2.36. The van der Waals surface area contributed by atoms with Crippen LogP contribution in [0.2, 0.25) is 0 Å². The van der Waals surface area contributed by atoms with Crippen molar-refractivity contribution in [1.82, 2.24) is 5.32 Å². The average Bonchev–Trinajstić information content (AvgIpc) is 2.27. The van der Waals surface area contributed by atoms with Crippen molar-refractivity contribution in [3.05, 3.63) is 35.4 Å². The van der Waals surface area contributed by atoms with Crippen LogP contribution in [0.1, 0.15) is 31.9 Å². The predicted octanol–water partition coefficient (Wildman–Crippen LogP) is 1.79. The lowest BCUT2D eigenvalue weighted by Crippen LogP contribution is -2.50. The van der Waals surface area contributed by atoms with Crippen LogP contribution in [0.15, 0.2) is 24.3 Å². The fourth-order valence-electron chi connectivity index (χ4n) is 2.07. The van der Waals surface area contributed by atoms with E-state index in [4.69, 9.17) is 4.74 Å². The molecule has 0 aliphatic carbocycles. The van der Waals surface area contributed by atoms with Crippen molar-refractivity contribution < 1.29 is 9.84 Å². The minimum Gasteiger partial charge on any atom is -0.381 e. The van der Waals surface area contributed by atoms with E-state index in [2.05, 4.69) is 26.1 Å². The lowest BCUT2D eigenvalue weighted by atomic mass is 9.88. The second-order valence-corrected chi connectivity index (χ2v) is 5.79. The number of aliphatic hydroxyl groups is 1. The van der Waals surface area contributed by atoms with Crippen LogP contribution in [-0.4, -0.2) is 23.8 Å². The fraction of sp³-hybridized carbons (Fsp3) is 0.571. The van der Waals surface area contributed by atoms with Gasteiger partial charge in [0, 0.05) is 12.1 Å². The first-order valence-electron chi connectivity index (χ1n) is 6.04. The van der Waals surface area contributed by atoms with E-state index in [0.29, 0.717) is 19.8 Å². The number of hydrogen-bond donors (Lipinski definition) is 2. The molecule has 0 bridgehead atoms. The summed E-state index contributed by atoms with van der Waals surface area (Å²) < 4.78 is 5.49. The average molecular weight is 235 g/mol. The largest absolute Gasteiger partial charge is 0.381 e. The molecule has 1 aliphatic heterocycles. The second-order valence-electron chi connectivity index (χ2n) is 5.79. The number of hydrogen-bond acceptors (Lipinski definition) is 3. The van der Waals surface area contributed by atoms with Crippen molar-refractivity contribution in [1.29, 1.82) is 0 Å². The zero-order chi connectivity index (χ0) is 12.5. The molecular formula is C14H21NO2. The van der Waals surface area contributed by atoms with Gasteiger partial charge in [-0.3, -0.25) is 0 Å². The van der Waals surface area contributed by atoms with Gasteiger partial charge >= 0.3 is 0 Å². The Morgan fingerprint density at radius 2 is 2.06 bits per heavy atom. The predicted molar refractivity (Wildman–Crippen MR) is 67.8 cm³/mol. The number of β-amino-alcohol motifs (C(OH)–C–C–N with tert-alkyl or cyclic N) is 1. The molecule has 2 N–H and O–H groups in total. The number of rotatable bonds is 2. The van der Waals surface area contributed by atoms with Crippen LogP contribution in [0, 0.1) is 0 Å². The summed E-state index contributed by atoms with van der Waals surface area (Å²) in [5.74, 6) is 0. The van der Waals surface area contributed by atoms with Crippen molar-refractivity contribution in [2.75, 3.05) is 13.2 Å². The molecule has 0 amide bonds. The van der Waals surface area contributed by atoms with Crippen molar-refractivity contribution in [3.63, 3.8) is 0 Å². The molecule has 3 nitrogen and oxygen atoms in total. The summed E-state index contributed by atoms with van der Waals surface area (Å²) in [7, 11) is 0. The van der Waals surface area contributed by atoms with Gasteiger partial charge in [0.2, 0.25) is 0 Å². The molecule has 0 spiro atoms. The molecule has 0 saturated heterocycles. The molecule has 0 fully saturated rings. The van der Waals surface area contributed by atoms with Gasteiger partial charge in [0.1, 0.15) is 5.60 Å². The molecule has 1 atom stereocenters. The van der Waals surface area contributed by atoms with E-state index in [1.807, 2.05) is 24.3 Å². The van der Waals surface area contributed by atoms with Crippen LogP contribution in [0.25, 0.3) is 0 Å². The Labute approximate surface area is 103 Å². The first-order valence-corrected chi connectivity index (χ1v) is 6.04. The van der Waals surface area contributed by atoms with Crippen molar-refractivity contribution in [2.45, 2.75) is 38.5 Å². The van der Waals surface area contributed by atoms with Gasteiger partial charge in [0.15, 0.2) is 0 Å². The van der Waals surface area contributed by atoms with Crippen LogP contribution < -0.4 is 5.32 Å². The van der Waals surface area contributed by atoms with Crippen molar-refractivity contribution in [3.8, 4) is 0 Å². The highest BCUT2D eigenvalue weighted by Crippen LogP contribution is 2.30. The third-order valence-electron chi connectivity index (χ3n) is 3.03. The van der Waals surface area contributed by atoms with Gasteiger partial charge in [0.25, 0.3) is 0 Å². The maximum atomic E-state index is 10.7. The normalized spacial score (nSPS) is 24.5. The molecule has 17 heavy (non-hydrogen) atoms. The van der Waals surface area contributed by atoms with Crippen LogP contribution in [0.4, 0.5) is 0 Å². The number of ether oxygens (including phenoxy) is 1. The van der Waals surface area contributed by atoms with E-state index >= 15 is 0 Å². The first kappa shape index (κ1) is 12.6. The minimum atomic E-state index is -0.915. The van der Waals surface area contributed by atoms with E-state index < -0.39 is 5.60 Å². The summed E-state index contributed by atoms with van der Waals surface area (Å²) in [6.45, 7) is 7.72. The van der Waals surface area contributed by atoms with Crippen LogP contribution >= 0.6 is 0 Å². The monoisotopic (exact) mass is 235 g/mol. The van der Waals surface area contributed by atoms with Crippen molar-refractivity contribution >= 4 is 0 Å². The Kier molecular flexibility index (Phi) is 3.25. The summed E-state index contributed by atoms with van der Waals surface area (Å²) in [4.78, 5) is 0. The van der Waals surface area contributed by atoms with E-state index in [1.165, 1.54) is 0 Å². The van der Waals surface area contributed by atoms with Crippen LogP contribution in [0.3, 0.4) is 0 Å². The number of benzene rings is 1. The summed E-state index contributed by atoms with van der Waals surface area (Å²) in [6, 6.07) is 7.94. The lowest BCUT2D eigenvalue weighted by molar-refractivity contribution is -0.0738. The van der Waals surface area contributed by atoms with Gasteiger partial charge in [0.05, 0.1) is 13.2 Å². The molecule has 2 rings (SSSR count). The Balaban J connectivity index is 2.21. The molecule has 1 aromatic rings. The van der Waals surface area contributed by atoms with Crippen LogP contribution in [-0.2, 0) is 16.9 Å². The Morgan fingerprint density at radius 1 is 1.35 bits per heavy atom. The second kappa shape index (κ2) is 4.41. The highest BCUT2D eigenvalue weighted by atomic mass is 16.5. The fourth-order valence-corrected chi connectivity index (χ4v) is 2.07. The van der Waals surface area contributed by atoms with E-state index in [0.717, 1.165) is 11.1 Å². The molecule has 1 heterocycles. The molecule has 0 radical (unpaired) electrons. The molecular weight excluding hydrogens is 214 g/mol. The highest BCUT2D eigenvalue weighted by Gasteiger charge is 2.35. The van der Waals surface area contributed by atoms with Gasteiger partial charge in [-0.25, -0.2) is 0 Å². The Hall–Kier alpha value is -0.900. The third-order valence-corrected chi connectivity index (χ3v) is 3.03. The summed E-state index contributed by atoms with van der Waals surface area (Å²) in [6.07, 6.45) is 0. The SMILES string of the molecule is CC(C)(C)NCC1(O)COCc2ccccc21. The minimum absolute atomic E-state index is 0.0118. The van der Waals surface area contributed by atoms with Gasteiger partial charge in [-0.05, 0) is 31.9 Å². The molecule has 1 aromatic carbocycles. The zero-order valence-corrected chi connectivity index (χ0v) is 10.8. The smallest absolute Gasteiger partial charge is 0.126 e. The van der Waals surface area contributed by atoms with E-state index in [9.17, 15) is 5.11 Å². The quantitative estimate of drug-likeness (QED) is 0.821. The number of fused-ring (bicyclic) bond motifs is 1. The third kappa shape index (κ3) is 2.86. The maximum absolute atomic E-state index is 10.7. The van der Waals surface area contributed by atoms with E-state index in [-0.39, 0.29) is 5.54 Å². The van der Waals surface area contributed by atoms with Gasteiger partial charge in [-0.15, -0.1) is 0 Å². The molecule has 94 valence electrons. The zero-order valence-electron chi connectivity index (χ0n) is 10.8. The van der Waals surface area contributed by atoms with Gasteiger partial charge in [-0.2, -0.15) is 0 Å². The number of nitrogens with one attached hydrogen (secondary N) is 1. The standard InChI is InChI=1S/C14H21NO2/c1-13(2,3)15-9-14(16)10-17-8-11-6-4-5-7-12(11)14/h4-7,15-16H,8-10H2,1-3H3. The Bertz CT molecular complexity index is 397. The molecule has 0 saturated carbocycles. The molecule has 0 aromatic heterocycles. The van der Waals surface area contributed by atoms with Gasteiger partial charge in [-0.1, -0.05) is 24.3 Å². The maximum Gasteiger partial charge on any atom is 0.126 e. The van der Waals surface area contributed by atoms with Crippen molar-refractivity contribution in [2.24, 2.45) is 0 Å². The first-order chi connectivity index (χ1) is 7.91. The topological polar surface area (TPSA) is 41.5 Å². The summed E-state index contributed by atoms with van der Waals surface area (Å²) >= 11 is 0. The molecule has 3 heteroatoms. The van der Waals surface area contributed by atoms with E-state index in [1.54, 1.807) is 0 Å². The summed E-state index contributed by atoms with van der Waals surface area (Å²) in [5, 5.41) is 14.0. The Morgan fingerprint density at radius 3 is 2.76 bits per heavy atom. The summed E-state index contributed by atoms with van der Waals surface area (Å²) in [5.41, 5.74) is 1.14. The van der Waals surface area contributed by atoms with Crippen LogP contribution in [0.5, 0.6) is 0 Å². The highest BCUT2D eigenvalue weighted by molar-refractivity contribution is 5.34. The molecule has 1 unspecified atom stereocenters. The van der Waals surface area contributed by atoms with Gasteiger partial charge < -0.3 is 15.2 Å². The molecule has 1 aliphatic rings.